The van der Waals surface area contributed by atoms with Gasteiger partial charge in [-0.15, -0.1) is 0 Å². The molecule has 2 aromatic carbocycles. The van der Waals surface area contributed by atoms with Crippen LogP contribution in [0.2, 0.25) is 0 Å². The van der Waals surface area contributed by atoms with Gasteiger partial charge in [-0.05, 0) is 47.6 Å². The van der Waals surface area contributed by atoms with E-state index in [4.69, 9.17) is 9.94 Å². The first-order valence-corrected chi connectivity index (χ1v) is 14.6. The van der Waals surface area contributed by atoms with E-state index in [-0.39, 0.29) is 6.42 Å². The standard InChI is InChI=1S/C28H37N3O5S/c1-28(27(32)29-33,37(2,34)35)13-16-30-14-11-26(12-15-30)25-9-7-24(8-10-25)23-5-3-22(4-6-23)21-31-17-19-36-20-18-31/h3-11,33H,12-21H2,1-2H3,(H,29,32). The van der Waals surface area contributed by atoms with Crippen LogP contribution in [0.5, 0.6) is 0 Å². The Kier molecular flexibility index (Phi) is 8.82. The zero-order valence-electron chi connectivity index (χ0n) is 21.7. The van der Waals surface area contributed by atoms with E-state index in [0.29, 0.717) is 13.1 Å². The van der Waals surface area contributed by atoms with Crippen molar-refractivity contribution < 1.29 is 23.2 Å². The highest BCUT2D eigenvalue weighted by Gasteiger charge is 2.43. The van der Waals surface area contributed by atoms with Crippen LogP contribution < -0.4 is 5.48 Å². The van der Waals surface area contributed by atoms with E-state index < -0.39 is 20.5 Å². The zero-order chi connectivity index (χ0) is 26.5. The van der Waals surface area contributed by atoms with Gasteiger partial charge in [0.15, 0.2) is 14.6 Å². The number of ether oxygens (including phenoxy) is 1. The van der Waals surface area contributed by atoms with Gasteiger partial charge in [0.1, 0.15) is 0 Å². The lowest BCUT2D eigenvalue weighted by Crippen LogP contribution is -2.51. The zero-order valence-corrected chi connectivity index (χ0v) is 22.5. The fraction of sp³-hybridized carbons (Fsp3) is 0.464. The van der Waals surface area contributed by atoms with E-state index in [9.17, 15) is 13.2 Å². The van der Waals surface area contributed by atoms with Crippen molar-refractivity contribution in [3.8, 4) is 11.1 Å². The normalized spacial score (nSPS) is 19.2. The summed E-state index contributed by atoms with van der Waals surface area (Å²) in [6.07, 6.45) is 4.15. The van der Waals surface area contributed by atoms with E-state index in [2.05, 4.69) is 64.4 Å². The van der Waals surface area contributed by atoms with Crippen molar-refractivity contribution in [2.24, 2.45) is 0 Å². The second-order valence-electron chi connectivity index (χ2n) is 10.1. The molecule has 0 saturated carbocycles. The summed E-state index contributed by atoms with van der Waals surface area (Å²) < 4.78 is 28.1. The van der Waals surface area contributed by atoms with Gasteiger partial charge < -0.3 is 4.74 Å². The number of carbonyl (C=O) groups is 1. The minimum atomic E-state index is -3.69. The first kappa shape index (κ1) is 27.5. The van der Waals surface area contributed by atoms with Crippen LogP contribution in [-0.2, 0) is 25.9 Å². The van der Waals surface area contributed by atoms with Gasteiger partial charge in [-0.2, -0.15) is 0 Å². The van der Waals surface area contributed by atoms with E-state index >= 15 is 0 Å². The summed E-state index contributed by atoms with van der Waals surface area (Å²) >= 11 is 0. The molecule has 2 N–H and O–H groups in total. The average Bonchev–Trinajstić information content (AvgIpc) is 2.92. The van der Waals surface area contributed by atoms with Crippen LogP contribution in [0.15, 0.2) is 54.6 Å². The third kappa shape index (κ3) is 6.66. The highest BCUT2D eigenvalue weighted by atomic mass is 32.2. The molecule has 2 aliphatic rings. The van der Waals surface area contributed by atoms with Gasteiger partial charge in [-0.1, -0.05) is 54.6 Å². The number of hydroxylamine groups is 1. The monoisotopic (exact) mass is 527 g/mol. The Labute approximate surface area is 219 Å². The maximum Gasteiger partial charge on any atom is 0.264 e. The van der Waals surface area contributed by atoms with Crippen molar-refractivity contribution in [3.05, 3.63) is 65.7 Å². The Hall–Kier alpha value is -2.56. The molecule has 1 atom stereocenters. The summed E-state index contributed by atoms with van der Waals surface area (Å²) in [5.41, 5.74) is 7.66. The summed E-state index contributed by atoms with van der Waals surface area (Å²) in [5, 5.41) is 9.00. The second kappa shape index (κ2) is 11.9. The Bertz CT molecular complexity index is 1210. The highest BCUT2D eigenvalue weighted by molar-refractivity contribution is 7.92. The van der Waals surface area contributed by atoms with E-state index in [0.717, 1.165) is 52.1 Å². The van der Waals surface area contributed by atoms with Crippen molar-refractivity contribution in [2.45, 2.75) is 31.1 Å². The molecule has 37 heavy (non-hydrogen) atoms. The van der Waals surface area contributed by atoms with Gasteiger partial charge in [0.25, 0.3) is 5.91 Å². The highest BCUT2D eigenvalue weighted by Crippen LogP contribution is 2.28. The third-order valence-electron chi connectivity index (χ3n) is 7.65. The van der Waals surface area contributed by atoms with Crippen LogP contribution in [0.1, 0.15) is 30.9 Å². The molecule has 1 amide bonds. The van der Waals surface area contributed by atoms with Gasteiger partial charge in [0.05, 0.1) is 13.2 Å². The van der Waals surface area contributed by atoms with E-state index in [1.807, 2.05) is 0 Å². The van der Waals surface area contributed by atoms with Gasteiger partial charge in [-0.3, -0.25) is 19.8 Å². The number of nitrogens with one attached hydrogen (secondary N) is 1. The Balaban J connectivity index is 1.33. The second-order valence-corrected chi connectivity index (χ2v) is 12.6. The number of morpholine rings is 1. The molecule has 1 unspecified atom stereocenters. The topological polar surface area (TPSA) is 99.2 Å². The fourth-order valence-corrected chi connectivity index (χ4v) is 5.67. The summed E-state index contributed by atoms with van der Waals surface area (Å²) in [6.45, 7) is 7.81. The molecule has 0 radical (unpaired) electrons. The lowest BCUT2D eigenvalue weighted by molar-refractivity contribution is -0.131. The number of benzene rings is 2. The smallest absolute Gasteiger partial charge is 0.264 e. The summed E-state index contributed by atoms with van der Waals surface area (Å²) in [5.74, 6) is -0.893. The lowest BCUT2D eigenvalue weighted by atomic mass is 9.96. The van der Waals surface area contributed by atoms with Crippen LogP contribution >= 0.6 is 0 Å². The summed E-state index contributed by atoms with van der Waals surface area (Å²) in [6, 6.07) is 17.4. The van der Waals surface area contributed by atoms with Crippen LogP contribution in [0.25, 0.3) is 16.7 Å². The first-order valence-electron chi connectivity index (χ1n) is 12.7. The lowest BCUT2D eigenvalue weighted by Gasteiger charge is -2.31. The molecular formula is C28H37N3O5S. The van der Waals surface area contributed by atoms with E-state index in [1.54, 1.807) is 0 Å². The molecule has 2 aliphatic heterocycles. The number of rotatable bonds is 9. The number of hydrogen-bond donors (Lipinski definition) is 2. The molecule has 2 heterocycles. The molecule has 2 aromatic rings. The maximum absolute atomic E-state index is 12.2. The summed E-state index contributed by atoms with van der Waals surface area (Å²) in [7, 11) is -3.69. The molecule has 0 aliphatic carbocycles. The van der Waals surface area contributed by atoms with Crippen LogP contribution in [0.4, 0.5) is 0 Å². The van der Waals surface area contributed by atoms with Crippen molar-refractivity contribution in [2.75, 3.05) is 52.2 Å². The minimum Gasteiger partial charge on any atom is -0.379 e. The molecule has 0 spiro atoms. The van der Waals surface area contributed by atoms with Gasteiger partial charge in [0.2, 0.25) is 0 Å². The number of carbonyl (C=O) groups excluding carboxylic acids is 1. The quantitative estimate of drug-likeness (QED) is 0.382. The molecule has 200 valence electrons. The van der Waals surface area contributed by atoms with Crippen molar-refractivity contribution in [1.82, 2.24) is 15.3 Å². The molecule has 1 saturated heterocycles. The predicted molar refractivity (Wildman–Crippen MR) is 145 cm³/mol. The molecule has 0 bridgehead atoms. The third-order valence-corrected chi connectivity index (χ3v) is 9.68. The van der Waals surface area contributed by atoms with Crippen molar-refractivity contribution >= 4 is 21.3 Å². The maximum atomic E-state index is 12.2. The van der Waals surface area contributed by atoms with Crippen LogP contribution in [0.3, 0.4) is 0 Å². The fourth-order valence-electron chi connectivity index (χ4n) is 4.83. The SMILES string of the molecule is CC(CCN1CC=C(c2ccc(-c3ccc(CN4CCOCC4)cc3)cc2)CC1)(C(=O)NO)S(C)(=O)=O. The number of amides is 1. The molecule has 4 rings (SSSR count). The van der Waals surface area contributed by atoms with Gasteiger partial charge in [-0.25, -0.2) is 13.9 Å². The molecule has 9 heteroatoms. The number of nitrogens with zero attached hydrogens (tertiary/aromatic N) is 2. The molecule has 8 nitrogen and oxygen atoms in total. The minimum absolute atomic E-state index is 0.112. The Morgan fingerprint density at radius 3 is 2.11 bits per heavy atom. The predicted octanol–water partition coefficient (Wildman–Crippen LogP) is 2.97. The van der Waals surface area contributed by atoms with Crippen molar-refractivity contribution in [1.29, 1.82) is 0 Å². The Morgan fingerprint density at radius 1 is 0.973 bits per heavy atom. The van der Waals surface area contributed by atoms with Crippen LogP contribution in [-0.4, -0.2) is 86.3 Å². The van der Waals surface area contributed by atoms with Gasteiger partial charge in [0, 0.05) is 45.5 Å². The Morgan fingerprint density at radius 2 is 1.57 bits per heavy atom. The number of hydrogen-bond acceptors (Lipinski definition) is 7. The average molecular weight is 528 g/mol. The number of sulfone groups is 1. The van der Waals surface area contributed by atoms with Gasteiger partial charge >= 0.3 is 0 Å². The molecule has 1 fully saturated rings. The molecular weight excluding hydrogens is 490 g/mol. The van der Waals surface area contributed by atoms with Crippen molar-refractivity contribution in [3.63, 3.8) is 0 Å². The van der Waals surface area contributed by atoms with E-state index in [1.165, 1.54) is 40.2 Å². The molecule has 0 aromatic heterocycles. The van der Waals surface area contributed by atoms with Crippen LogP contribution in [0, 0.1) is 0 Å². The largest absolute Gasteiger partial charge is 0.379 e. The first-order chi connectivity index (χ1) is 17.7. The summed E-state index contributed by atoms with van der Waals surface area (Å²) in [4.78, 5) is 16.6.